The molecule has 0 aliphatic heterocycles. The molecule has 0 aliphatic rings. The Balaban J connectivity index is 1.82. The van der Waals surface area contributed by atoms with Crippen molar-refractivity contribution in [2.45, 2.75) is 45.9 Å². The van der Waals surface area contributed by atoms with E-state index < -0.39 is 0 Å². The number of nitrogens with one attached hydrogen (secondary N) is 1. The minimum absolute atomic E-state index is 0.162. The highest BCUT2D eigenvalue weighted by atomic mass is 16.5. The van der Waals surface area contributed by atoms with Gasteiger partial charge < -0.3 is 14.1 Å². The van der Waals surface area contributed by atoms with Crippen LogP contribution in [-0.4, -0.2) is 27.3 Å². The topological polar surface area (TPSA) is 70.4 Å². The molecule has 0 radical (unpaired) electrons. The molecule has 0 spiro atoms. The molecule has 1 aromatic carbocycles. The molecule has 26 heavy (non-hydrogen) atoms. The lowest BCUT2D eigenvalue weighted by Gasteiger charge is -2.23. The third-order valence-corrected chi connectivity index (χ3v) is 4.17. The van der Waals surface area contributed by atoms with Crippen LogP contribution in [0.5, 0.6) is 5.75 Å². The van der Waals surface area contributed by atoms with Crippen molar-refractivity contribution >= 4 is 0 Å². The maximum absolute atomic E-state index is 5.56. The standard InChI is InChI=1S/C19H25N5O2/c1-19(2,3)24-18(20-21-22-24)14-23(13-17-9-6-10-26-17)12-15-7-5-8-16(11-15)25-4/h5-11H,12-14H2,1-4H3/p+1. The van der Waals surface area contributed by atoms with Crippen molar-refractivity contribution in [3.05, 3.63) is 59.8 Å². The van der Waals surface area contributed by atoms with Crippen molar-refractivity contribution in [1.29, 1.82) is 0 Å². The lowest BCUT2D eigenvalue weighted by Crippen LogP contribution is -3.08. The molecule has 0 bridgehead atoms. The molecule has 2 heterocycles. The van der Waals surface area contributed by atoms with Gasteiger partial charge in [0, 0.05) is 5.56 Å². The summed E-state index contributed by atoms with van der Waals surface area (Å²) in [7, 11) is 1.68. The molecular formula is C19H26N5O2+. The van der Waals surface area contributed by atoms with Gasteiger partial charge in [-0.15, -0.1) is 5.10 Å². The fraction of sp³-hybridized carbons (Fsp3) is 0.421. The second-order valence-corrected chi connectivity index (χ2v) is 7.39. The van der Waals surface area contributed by atoms with Crippen LogP contribution in [-0.2, 0) is 25.2 Å². The number of nitrogens with zero attached hydrogens (tertiary/aromatic N) is 4. The van der Waals surface area contributed by atoms with E-state index in [1.165, 1.54) is 10.5 Å². The maximum Gasteiger partial charge on any atom is 0.206 e. The summed E-state index contributed by atoms with van der Waals surface area (Å²) in [6.07, 6.45) is 1.71. The Morgan fingerprint density at radius 3 is 2.65 bits per heavy atom. The summed E-state index contributed by atoms with van der Waals surface area (Å²) >= 11 is 0. The van der Waals surface area contributed by atoms with E-state index in [1.807, 2.05) is 28.9 Å². The van der Waals surface area contributed by atoms with Gasteiger partial charge in [-0.25, -0.2) is 4.68 Å². The third-order valence-electron chi connectivity index (χ3n) is 4.17. The Labute approximate surface area is 153 Å². The molecule has 1 N–H and O–H groups in total. The summed E-state index contributed by atoms with van der Waals surface area (Å²) in [6.45, 7) is 8.56. The Morgan fingerprint density at radius 2 is 1.96 bits per heavy atom. The lowest BCUT2D eigenvalue weighted by molar-refractivity contribution is -0.942. The van der Waals surface area contributed by atoms with Crippen LogP contribution in [0.15, 0.2) is 47.1 Å². The summed E-state index contributed by atoms with van der Waals surface area (Å²) in [6, 6.07) is 12.1. The number of benzene rings is 1. The van der Waals surface area contributed by atoms with E-state index in [-0.39, 0.29) is 5.54 Å². The number of ether oxygens (including phenoxy) is 1. The van der Waals surface area contributed by atoms with Crippen LogP contribution in [0.2, 0.25) is 0 Å². The monoisotopic (exact) mass is 356 g/mol. The smallest absolute Gasteiger partial charge is 0.206 e. The van der Waals surface area contributed by atoms with Crippen molar-refractivity contribution in [1.82, 2.24) is 20.2 Å². The molecule has 0 fully saturated rings. The van der Waals surface area contributed by atoms with Gasteiger partial charge in [-0.05, 0) is 55.5 Å². The van der Waals surface area contributed by atoms with Gasteiger partial charge in [-0.1, -0.05) is 12.1 Å². The number of aromatic nitrogens is 4. The first-order valence-electron chi connectivity index (χ1n) is 8.72. The Hall–Kier alpha value is -2.67. The molecule has 0 saturated heterocycles. The van der Waals surface area contributed by atoms with Crippen molar-refractivity contribution in [2.75, 3.05) is 7.11 Å². The van der Waals surface area contributed by atoms with E-state index in [2.05, 4.69) is 48.4 Å². The molecule has 0 amide bonds. The van der Waals surface area contributed by atoms with Gasteiger partial charge >= 0.3 is 0 Å². The van der Waals surface area contributed by atoms with Crippen LogP contribution < -0.4 is 9.64 Å². The lowest BCUT2D eigenvalue weighted by atomic mass is 10.1. The second kappa shape index (κ2) is 7.70. The van der Waals surface area contributed by atoms with Crippen LogP contribution in [0.25, 0.3) is 0 Å². The Bertz CT molecular complexity index is 821. The van der Waals surface area contributed by atoms with Crippen molar-refractivity contribution < 1.29 is 14.1 Å². The van der Waals surface area contributed by atoms with Crippen LogP contribution in [0.3, 0.4) is 0 Å². The predicted molar refractivity (Wildman–Crippen MR) is 96.6 cm³/mol. The number of hydrogen-bond acceptors (Lipinski definition) is 5. The quantitative estimate of drug-likeness (QED) is 0.699. The summed E-state index contributed by atoms with van der Waals surface area (Å²) in [4.78, 5) is 1.29. The van der Waals surface area contributed by atoms with Crippen molar-refractivity contribution in [3.8, 4) is 5.75 Å². The molecule has 1 unspecified atom stereocenters. The highest BCUT2D eigenvalue weighted by molar-refractivity contribution is 5.27. The Morgan fingerprint density at radius 1 is 1.12 bits per heavy atom. The van der Waals surface area contributed by atoms with Crippen molar-refractivity contribution in [3.63, 3.8) is 0 Å². The second-order valence-electron chi connectivity index (χ2n) is 7.39. The predicted octanol–water partition coefficient (Wildman–Crippen LogP) is 1.81. The molecule has 0 saturated carbocycles. The molecule has 138 valence electrons. The number of hydrogen-bond donors (Lipinski definition) is 1. The fourth-order valence-electron chi connectivity index (χ4n) is 2.98. The molecule has 3 aromatic rings. The molecule has 7 nitrogen and oxygen atoms in total. The molecule has 2 aromatic heterocycles. The zero-order valence-electron chi connectivity index (χ0n) is 15.8. The number of rotatable bonds is 7. The van der Waals surface area contributed by atoms with E-state index in [0.717, 1.165) is 30.4 Å². The average Bonchev–Trinajstić information content (AvgIpc) is 3.26. The normalized spacial score (nSPS) is 12.9. The summed E-state index contributed by atoms with van der Waals surface area (Å²) < 4.78 is 12.8. The van der Waals surface area contributed by atoms with E-state index in [4.69, 9.17) is 9.15 Å². The van der Waals surface area contributed by atoms with E-state index in [1.54, 1.807) is 13.4 Å². The molecule has 0 aliphatic carbocycles. The first kappa shape index (κ1) is 18.1. The van der Waals surface area contributed by atoms with Gasteiger partial charge in [0.25, 0.3) is 0 Å². The highest BCUT2D eigenvalue weighted by Crippen LogP contribution is 2.14. The highest BCUT2D eigenvalue weighted by Gasteiger charge is 2.24. The van der Waals surface area contributed by atoms with Gasteiger partial charge in [0.2, 0.25) is 5.82 Å². The van der Waals surface area contributed by atoms with E-state index >= 15 is 0 Å². The molecular weight excluding hydrogens is 330 g/mol. The van der Waals surface area contributed by atoms with Gasteiger partial charge in [0.05, 0.1) is 18.9 Å². The summed E-state index contributed by atoms with van der Waals surface area (Å²) in [5.74, 6) is 2.67. The summed E-state index contributed by atoms with van der Waals surface area (Å²) in [5.41, 5.74) is 1.03. The Kier molecular flexibility index (Phi) is 5.37. The number of methoxy groups -OCH3 is 1. The SMILES string of the molecule is COc1cccc(C[NH+](Cc2ccco2)Cc2nnnn2C(C)(C)C)c1. The van der Waals surface area contributed by atoms with Crippen LogP contribution >= 0.6 is 0 Å². The number of quaternary nitrogens is 1. The maximum atomic E-state index is 5.56. The number of tetrazole rings is 1. The summed E-state index contributed by atoms with van der Waals surface area (Å²) in [5, 5.41) is 12.3. The van der Waals surface area contributed by atoms with Gasteiger partial charge in [0.15, 0.2) is 5.76 Å². The minimum atomic E-state index is -0.162. The van der Waals surface area contributed by atoms with Crippen molar-refractivity contribution in [2.24, 2.45) is 0 Å². The molecule has 1 atom stereocenters. The first-order chi connectivity index (χ1) is 12.5. The van der Waals surface area contributed by atoms with Crippen LogP contribution in [0.1, 0.15) is 37.9 Å². The van der Waals surface area contributed by atoms with E-state index in [0.29, 0.717) is 6.54 Å². The zero-order valence-corrected chi connectivity index (χ0v) is 15.8. The van der Waals surface area contributed by atoms with Crippen LogP contribution in [0, 0.1) is 0 Å². The van der Waals surface area contributed by atoms with Gasteiger partial charge in [0.1, 0.15) is 25.4 Å². The minimum Gasteiger partial charge on any atom is -0.497 e. The van der Waals surface area contributed by atoms with Gasteiger partial charge in [-0.3, -0.25) is 0 Å². The third kappa shape index (κ3) is 4.49. The zero-order chi connectivity index (χ0) is 18.6. The van der Waals surface area contributed by atoms with Gasteiger partial charge in [-0.2, -0.15) is 0 Å². The largest absolute Gasteiger partial charge is 0.497 e. The van der Waals surface area contributed by atoms with E-state index in [9.17, 15) is 0 Å². The average molecular weight is 356 g/mol. The first-order valence-corrected chi connectivity index (χ1v) is 8.72. The number of furan rings is 1. The van der Waals surface area contributed by atoms with Crippen LogP contribution in [0.4, 0.5) is 0 Å². The fourth-order valence-corrected chi connectivity index (χ4v) is 2.98. The molecule has 7 heteroatoms. The molecule has 3 rings (SSSR count).